The summed E-state index contributed by atoms with van der Waals surface area (Å²) >= 11 is 1.76. The van der Waals surface area contributed by atoms with Crippen LogP contribution in [0.4, 0.5) is 15.8 Å². The third kappa shape index (κ3) is 1.95. The fourth-order valence-electron chi connectivity index (χ4n) is 2.61. The van der Waals surface area contributed by atoms with Gasteiger partial charge in [0, 0.05) is 31.3 Å². The Labute approximate surface area is 116 Å². The number of rotatable bonds is 3. The number of benzene rings is 1. The maximum absolute atomic E-state index is 13.5. The molecule has 1 heterocycles. The SMILES string of the molecule is O=[N+]([O-])c1cc(I)c(F)cc1NC1C2CNCC21. The predicted molar refractivity (Wildman–Crippen MR) is 73.0 cm³/mol. The van der Waals surface area contributed by atoms with Crippen LogP contribution in [-0.4, -0.2) is 24.1 Å². The zero-order valence-electron chi connectivity index (χ0n) is 9.32. The molecule has 1 aliphatic heterocycles. The molecule has 1 aromatic rings. The first-order chi connectivity index (χ1) is 8.58. The van der Waals surface area contributed by atoms with Crippen LogP contribution in [0.3, 0.4) is 0 Å². The maximum Gasteiger partial charge on any atom is 0.293 e. The number of hydrogen-bond acceptors (Lipinski definition) is 4. The highest BCUT2D eigenvalue weighted by Gasteiger charge is 2.53. The standard InChI is InChI=1S/C11H11FIN3O2/c12-7-1-9(10(16(17)18)2-8(7)13)15-11-5-3-14-4-6(5)11/h1-2,5-6,11,14-15H,3-4H2. The summed E-state index contributed by atoms with van der Waals surface area (Å²) in [6.45, 7) is 1.87. The minimum absolute atomic E-state index is 0.0567. The molecule has 2 atom stereocenters. The summed E-state index contributed by atoms with van der Waals surface area (Å²) < 4.78 is 13.8. The Morgan fingerprint density at radius 2 is 2.11 bits per heavy atom. The van der Waals surface area contributed by atoms with E-state index >= 15 is 0 Å². The van der Waals surface area contributed by atoms with Gasteiger partial charge in [0.1, 0.15) is 11.5 Å². The second-order valence-electron chi connectivity index (χ2n) is 4.70. The maximum atomic E-state index is 13.5. The molecule has 2 unspecified atom stereocenters. The first-order valence-electron chi connectivity index (χ1n) is 5.68. The second-order valence-corrected chi connectivity index (χ2v) is 5.86. The van der Waals surface area contributed by atoms with Gasteiger partial charge in [0.25, 0.3) is 5.69 Å². The normalized spacial score (nSPS) is 28.9. The van der Waals surface area contributed by atoms with Crippen molar-refractivity contribution >= 4 is 34.0 Å². The zero-order valence-corrected chi connectivity index (χ0v) is 11.5. The predicted octanol–water partition coefficient (Wildman–Crippen LogP) is 1.97. The van der Waals surface area contributed by atoms with Crippen molar-refractivity contribution in [2.24, 2.45) is 11.8 Å². The van der Waals surface area contributed by atoms with E-state index in [1.807, 2.05) is 0 Å². The first kappa shape index (κ1) is 12.1. The first-order valence-corrected chi connectivity index (χ1v) is 6.76. The van der Waals surface area contributed by atoms with Gasteiger partial charge in [-0.25, -0.2) is 4.39 Å². The van der Waals surface area contributed by atoms with E-state index in [1.165, 1.54) is 12.1 Å². The lowest BCUT2D eigenvalue weighted by Gasteiger charge is -2.10. The Morgan fingerprint density at radius 3 is 2.72 bits per heavy atom. The van der Waals surface area contributed by atoms with Crippen molar-refractivity contribution in [2.45, 2.75) is 6.04 Å². The van der Waals surface area contributed by atoms with Crippen LogP contribution in [0, 0.1) is 31.3 Å². The van der Waals surface area contributed by atoms with Gasteiger partial charge in [-0.2, -0.15) is 0 Å². The topological polar surface area (TPSA) is 67.2 Å². The third-order valence-corrected chi connectivity index (χ3v) is 4.48. The number of hydrogen-bond donors (Lipinski definition) is 2. The number of nitrogens with one attached hydrogen (secondary N) is 2. The van der Waals surface area contributed by atoms with Gasteiger partial charge in [0.2, 0.25) is 0 Å². The number of piperidine rings is 1. The van der Waals surface area contributed by atoms with Gasteiger partial charge < -0.3 is 10.6 Å². The van der Waals surface area contributed by atoms with Gasteiger partial charge in [-0.3, -0.25) is 10.1 Å². The fraction of sp³-hybridized carbons (Fsp3) is 0.455. The van der Waals surface area contributed by atoms with E-state index in [2.05, 4.69) is 10.6 Å². The Morgan fingerprint density at radius 1 is 1.44 bits per heavy atom. The third-order valence-electron chi connectivity index (χ3n) is 3.65. The van der Waals surface area contributed by atoms with E-state index in [0.717, 1.165) is 13.1 Å². The van der Waals surface area contributed by atoms with Crippen molar-refractivity contribution in [1.82, 2.24) is 5.32 Å². The molecule has 2 N–H and O–H groups in total. The number of nitro benzene ring substituents is 1. The van der Waals surface area contributed by atoms with E-state index in [-0.39, 0.29) is 21.0 Å². The van der Waals surface area contributed by atoms with E-state index in [1.54, 1.807) is 22.6 Å². The molecule has 18 heavy (non-hydrogen) atoms. The minimum atomic E-state index is -0.472. The van der Waals surface area contributed by atoms with Gasteiger partial charge in [0.05, 0.1) is 8.49 Å². The summed E-state index contributed by atoms with van der Waals surface area (Å²) in [5.74, 6) is 0.617. The average molecular weight is 363 g/mol. The molecule has 96 valence electrons. The van der Waals surface area contributed by atoms with Crippen molar-refractivity contribution in [2.75, 3.05) is 18.4 Å². The molecule has 2 fully saturated rings. The Balaban J connectivity index is 1.86. The molecule has 0 amide bonds. The fourth-order valence-corrected chi connectivity index (χ4v) is 3.07. The van der Waals surface area contributed by atoms with Crippen LogP contribution in [0.2, 0.25) is 0 Å². The number of nitrogens with zero attached hydrogens (tertiary/aromatic N) is 1. The Bertz CT molecular complexity index is 515. The molecule has 1 saturated carbocycles. The quantitative estimate of drug-likeness (QED) is 0.490. The van der Waals surface area contributed by atoms with E-state index in [0.29, 0.717) is 11.8 Å². The molecule has 0 bridgehead atoms. The average Bonchev–Trinajstić information content (AvgIpc) is 2.74. The highest BCUT2D eigenvalue weighted by molar-refractivity contribution is 14.1. The largest absolute Gasteiger partial charge is 0.376 e. The van der Waals surface area contributed by atoms with Gasteiger partial charge >= 0.3 is 0 Å². The number of anilines is 1. The van der Waals surface area contributed by atoms with Crippen molar-refractivity contribution in [3.8, 4) is 0 Å². The number of halogens is 2. The molecule has 1 saturated heterocycles. The summed E-state index contributed by atoms with van der Waals surface area (Å²) in [5, 5.41) is 17.3. The van der Waals surface area contributed by atoms with E-state index in [9.17, 15) is 14.5 Å². The van der Waals surface area contributed by atoms with E-state index < -0.39 is 10.7 Å². The van der Waals surface area contributed by atoms with Gasteiger partial charge in [-0.1, -0.05) is 0 Å². The lowest BCUT2D eigenvalue weighted by molar-refractivity contribution is -0.384. The molecular formula is C11H11FIN3O2. The molecule has 1 aliphatic carbocycles. The van der Waals surface area contributed by atoms with Crippen molar-refractivity contribution in [3.05, 3.63) is 31.6 Å². The molecule has 5 nitrogen and oxygen atoms in total. The Kier molecular flexibility index (Phi) is 2.89. The molecule has 7 heteroatoms. The summed E-state index contributed by atoms with van der Waals surface area (Å²) in [6.07, 6.45) is 0. The Hall–Kier alpha value is -0.960. The summed E-state index contributed by atoms with van der Waals surface area (Å²) in [7, 11) is 0. The molecule has 0 radical (unpaired) electrons. The van der Waals surface area contributed by atoms with Crippen molar-refractivity contribution in [3.63, 3.8) is 0 Å². The second kappa shape index (κ2) is 4.30. The van der Waals surface area contributed by atoms with Gasteiger partial charge in [0.15, 0.2) is 0 Å². The highest BCUT2D eigenvalue weighted by Crippen LogP contribution is 2.45. The lowest BCUT2D eigenvalue weighted by atomic mass is 10.2. The number of nitro groups is 1. The van der Waals surface area contributed by atoms with Crippen LogP contribution < -0.4 is 10.6 Å². The lowest BCUT2D eigenvalue weighted by Crippen LogP contribution is -2.21. The van der Waals surface area contributed by atoms with E-state index in [4.69, 9.17) is 0 Å². The van der Waals surface area contributed by atoms with Gasteiger partial charge in [-0.05, 0) is 34.4 Å². The van der Waals surface area contributed by atoms with Crippen LogP contribution >= 0.6 is 22.6 Å². The number of fused-ring (bicyclic) bond motifs is 1. The zero-order chi connectivity index (χ0) is 12.9. The highest BCUT2D eigenvalue weighted by atomic mass is 127. The summed E-state index contributed by atoms with van der Waals surface area (Å²) in [4.78, 5) is 10.5. The van der Waals surface area contributed by atoms with Crippen molar-refractivity contribution in [1.29, 1.82) is 0 Å². The molecule has 3 rings (SSSR count). The summed E-state index contributed by atoms with van der Waals surface area (Å²) in [5.41, 5.74) is 0.232. The smallest absolute Gasteiger partial charge is 0.293 e. The molecular weight excluding hydrogens is 352 g/mol. The van der Waals surface area contributed by atoms with Crippen LogP contribution in [-0.2, 0) is 0 Å². The monoisotopic (exact) mass is 363 g/mol. The summed E-state index contributed by atoms with van der Waals surface area (Å²) in [6, 6.07) is 2.74. The molecule has 1 aromatic carbocycles. The molecule has 0 aromatic heterocycles. The van der Waals surface area contributed by atoms with Crippen LogP contribution in [0.15, 0.2) is 12.1 Å². The molecule has 0 spiro atoms. The van der Waals surface area contributed by atoms with Gasteiger partial charge in [-0.15, -0.1) is 0 Å². The van der Waals surface area contributed by atoms with Crippen LogP contribution in [0.5, 0.6) is 0 Å². The van der Waals surface area contributed by atoms with Crippen molar-refractivity contribution < 1.29 is 9.31 Å². The van der Waals surface area contributed by atoms with Crippen LogP contribution in [0.25, 0.3) is 0 Å². The van der Waals surface area contributed by atoms with Crippen LogP contribution in [0.1, 0.15) is 0 Å². The minimum Gasteiger partial charge on any atom is -0.376 e. The molecule has 2 aliphatic rings.